The lowest BCUT2D eigenvalue weighted by atomic mass is 9.97. The van der Waals surface area contributed by atoms with E-state index in [-0.39, 0.29) is 0 Å². The van der Waals surface area contributed by atoms with Crippen molar-refractivity contribution in [3.05, 3.63) is 151 Å². The lowest BCUT2D eigenvalue weighted by Gasteiger charge is -2.26. The second kappa shape index (κ2) is 11.0. The Bertz CT molecular complexity index is 1740. The van der Waals surface area contributed by atoms with Gasteiger partial charge in [0.1, 0.15) is 0 Å². The maximum absolute atomic E-state index is 8.22. The summed E-state index contributed by atoms with van der Waals surface area (Å²) >= 11 is 0. The van der Waals surface area contributed by atoms with Crippen LogP contribution in [-0.2, 0) is 0 Å². The minimum absolute atomic E-state index is 0.502. The highest BCUT2D eigenvalue weighted by Crippen LogP contribution is 2.37. The van der Waals surface area contributed by atoms with Crippen LogP contribution >= 0.6 is 0 Å². The highest BCUT2D eigenvalue weighted by atomic mass is 15.1. The average Bonchev–Trinajstić information content (AvgIpc) is 3.01. The van der Waals surface area contributed by atoms with E-state index >= 15 is 0 Å². The summed E-state index contributed by atoms with van der Waals surface area (Å²) in [5, 5.41) is 2.47. The van der Waals surface area contributed by atoms with Gasteiger partial charge >= 0.3 is 0 Å². The topological polar surface area (TPSA) is 3.24 Å². The summed E-state index contributed by atoms with van der Waals surface area (Å²) in [6.45, 7) is 4.49. The van der Waals surface area contributed by atoms with E-state index in [4.69, 9.17) is 1.37 Å². The van der Waals surface area contributed by atoms with Crippen molar-refractivity contribution in [2.45, 2.75) is 26.2 Å². The molecular weight excluding hydrogens is 470 g/mol. The lowest BCUT2D eigenvalue weighted by molar-refractivity contribution is 0.733. The Kier molecular flexibility index (Phi) is 6.63. The molecule has 0 N–H and O–H groups in total. The molecule has 0 saturated heterocycles. The highest BCUT2D eigenvalue weighted by Gasteiger charge is 2.13. The first-order chi connectivity index (χ1) is 19.6. The molecule has 0 amide bonds. The van der Waals surface area contributed by atoms with Crippen LogP contribution in [0.5, 0.6) is 0 Å². The fraction of sp³-hybridized carbons (Fsp3) is 0.105. The first kappa shape index (κ1) is 23.5. The lowest BCUT2D eigenvalue weighted by Crippen LogP contribution is -2.09. The van der Waals surface area contributed by atoms with Gasteiger partial charge in [-0.3, -0.25) is 0 Å². The van der Waals surface area contributed by atoms with Crippen LogP contribution in [0.1, 0.15) is 33.1 Å². The van der Waals surface area contributed by atoms with Gasteiger partial charge in [0.2, 0.25) is 0 Å². The molecule has 0 aromatic heterocycles. The van der Waals surface area contributed by atoms with Crippen molar-refractivity contribution in [2.75, 3.05) is 4.90 Å². The Morgan fingerprint density at radius 3 is 1.64 bits per heavy atom. The fourth-order valence-electron chi connectivity index (χ4n) is 5.20. The number of benzene rings is 6. The molecule has 0 aliphatic rings. The third-order valence-electron chi connectivity index (χ3n) is 7.69. The van der Waals surface area contributed by atoms with E-state index in [2.05, 4.69) is 140 Å². The normalized spacial score (nSPS) is 12.2. The molecule has 190 valence electrons. The number of rotatable bonds is 7. The van der Waals surface area contributed by atoms with Gasteiger partial charge < -0.3 is 4.90 Å². The van der Waals surface area contributed by atoms with E-state index in [1.807, 2.05) is 18.2 Å². The third kappa shape index (κ3) is 5.22. The van der Waals surface area contributed by atoms with E-state index in [1.165, 1.54) is 38.6 Å². The Morgan fingerprint density at radius 2 is 1.05 bits per heavy atom. The first-order valence-electron chi connectivity index (χ1n) is 14.3. The van der Waals surface area contributed by atoms with Crippen molar-refractivity contribution in [1.82, 2.24) is 0 Å². The van der Waals surface area contributed by atoms with Gasteiger partial charge in [0.25, 0.3) is 0 Å². The van der Waals surface area contributed by atoms with Gasteiger partial charge in [-0.05, 0) is 99.5 Å². The summed E-state index contributed by atoms with van der Waals surface area (Å²) in [5.41, 5.74) is 9.34. The maximum atomic E-state index is 8.22. The molecule has 1 unspecified atom stereocenters. The van der Waals surface area contributed by atoms with Crippen LogP contribution in [-0.4, -0.2) is 0 Å². The van der Waals surface area contributed by atoms with Crippen LogP contribution in [0.25, 0.3) is 33.0 Å². The minimum atomic E-state index is 0.502. The quantitative estimate of drug-likeness (QED) is 0.208. The number of hydrogen-bond acceptors (Lipinski definition) is 1. The van der Waals surface area contributed by atoms with Gasteiger partial charge in [-0.15, -0.1) is 0 Å². The van der Waals surface area contributed by atoms with Gasteiger partial charge in [0.15, 0.2) is 0 Å². The van der Waals surface area contributed by atoms with Crippen LogP contribution in [0.15, 0.2) is 146 Å². The SMILES string of the molecule is [3H]c1cccc(N(c2ccc(-c3ccc4cc(-c5ccccc5)ccc4c3)cc2)c2ccc(C(C)CC)cc2)c1. The summed E-state index contributed by atoms with van der Waals surface area (Å²) in [7, 11) is 0. The number of anilines is 3. The zero-order valence-electron chi connectivity index (χ0n) is 23.5. The molecule has 0 aliphatic carbocycles. The van der Waals surface area contributed by atoms with Crippen LogP contribution in [0.3, 0.4) is 0 Å². The second-order valence-electron chi connectivity index (χ2n) is 10.2. The zero-order valence-corrected chi connectivity index (χ0v) is 22.5. The molecule has 0 radical (unpaired) electrons. The summed E-state index contributed by atoms with van der Waals surface area (Å²) in [6, 6.07) is 49.8. The number of hydrogen-bond donors (Lipinski definition) is 0. The average molecular weight is 506 g/mol. The summed E-state index contributed by atoms with van der Waals surface area (Å²) in [5.74, 6) is 0.533. The van der Waals surface area contributed by atoms with E-state index in [0.717, 1.165) is 23.5 Å². The molecule has 0 saturated carbocycles. The van der Waals surface area contributed by atoms with Crippen molar-refractivity contribution >= 4 is 27.8 Å². The molecule has 6 aromatic carbocycles. The molecule has 1 atom stereocenters. The predicted octanol–water partition coefficient (Wildman–Crippen LogP) is 11.2. The van der Waals surface area contributed by atoms with Crippen molar-refractivity contribution in [3.8, 4) is 22.3 Å². The Balaban J connectivity index is 1.33. The molecule has 6 aromatic rings. The van der Waals surface area contributed by atoms with Gasteiger partial charge in [-0.2, -0.15) is 0 Å². The van der Waals surface area contributed by atoms with Gasteiger partial charge in [-0.1, -0.05) is 111 Å². The van der Waals surface area contributed by atoms with E-state index in [9.17, 15) is 0 Å². The minimum Gasteiger partial charge on any atom is -0.311 e. The third-order valence-corrected chi connectivity index (χ3v) is 7.69. The maximum Gasteiger partial charge on any atom is 0.0623 e. The van der Waals surface area contributed by atoms with Crippen molar-refractivity contribution < 1.29 is 1.37 Å². The van der Waals surface area contributed by atoms with Gasteiger partial charge in [0, 0.05) is 17.1 Å². The molecule has 6 rings (SSSR count). The Labute approximate surface area is 233 Å². The molecule has 1 nitrogen and oxygen atoms in total. The number of para-hydroxylation sites is 1. The summed E-state index contributed by atoms with van der Waals surface area (Å²) in [6.07, 6.45) is 1.12. The van der Waals surface area contributed by atoms with Crippen molar-refractivity contribution in [3.63, 3.8) is 0 Å². The van der Waals surface area contributed by atoms with Gasteiger partial charge in [-0.25, -0.2) is 0 Å². The monoisotopic (exact) mass is 505 g/mol. The van der Waals surface area contributed by atoms with Crippen LogP contribution in [0.2, 0.25) is 0 Å². The van der Waals surface area contributed by atoms with Crippen LogP contribution in [0, 0.1) is 0 Å². The van der Waals surface area contributed by atoms with E-state index < -0.39 is 0 Å². The number of nitrogens with zero attached hydrogens (tertiary/aromatic N) is 1. The highest BCUT2D eigenvalue weighted by molar-refractivity contribution is 5.91. The van der Waals surface area contributed by atoms with Gasteiger partial charge in [0.05, 0.1) is 1.37 Å². The molecule has 39 heavy (non-hydrogen) atoms. The first-order valence-corrected chi connectivity index (χ1v) is 13.8. The fourth-order valence-corrected chi connectivity index (χ4v) is 5.20. The predicted molar refractivity (Wildman–Crippen MR) is 168 cm³/mol. The summed E-state index contributed by atoms with van der Waals surface area (Å²) < 4.78 is 8.22. The molecule has 0 spiro atoms. The molecule has 0 aliphatic heterocycles. The van der Waals surface area contributed by atoms with Crippen molar-refractivity contribution in [2.24, 2.45) is 0 Å². The Morgan fingerprint density at radius 1 is 0.538 bits per heavy atom. The molecule has 0 heterocycles. The largest absolute Gasteiger partial charge is 0.311 e. The van der Waals surface area contributed by atoms with E-state index in [1.54, 1.807) is 0 Å². The zero-order chi connectivity index (χ0) is 27.5. The Hall–Kier alpha value is -4.62. The van der Waals surface area contributed by atoms with Crippen LogP contribution in [0.4, 0.5) is 17.1 Å². The molecule has 0 bridgehead atoms. The number of fused-ring (bicyclic) bond motifs is 1. The smallest absolute Gasteiger partial charge is 0.0623 e. The van der Waals surface area contributed by atoms with E-state index in [0.29, 0.717) is 12.0 Å². The standard InChI is InChI=1S/C38H33N/c1-3-28(2)29-18-22-37(23-19-29)39(36-12-8-5-9-13-36)38-24-20-31(21-25-38)33-15-17-34-26-32(14-16-35(34)27-33)30-10-6-4-7-11-30/h4-28H,3H2,1-2H3/i8T. The van der Waals surface area contributed by atoms with Crippen molar-refractivity contribution in [1.29, 1.82) is 0 Å². The van der Waals surface area contributed by atoms with Crippen LogP contribution < -0.4 is 4.90 Å². The molecule has 0 fully saturated rings. The second-order valence-corrected chi connectivity index (χ2v) is 10.2. The molecule has 1 heteroatoms. The molecular formula is C38H33N. The summed E-state index contributed by atoms with van der Waals surface area (Å²) in [4.78, 5) is 2.23.